The van der Waals surface area contributed by atoms with E-state index < -0.39 is 0 Å². The summed E-state index contributed by atoms with van der Waals surface area (Å²) < 4.78 is 1.44. The second-order valence-corrected chi connectivity index (χ2v) is 3.98. The normalized spacial score (nSPS) is 10.1. The standard InChI is InChI=1S/C12H10ClN3O2/c1-14-12(18)10-4-5-16(15-10)11-6-9(13)3-2-8(11)7-17/h2-7H,1H3,(H,14,18). The number of hydrogen-bond donors (Lipinski definition) is 1. The quantitative estimate of drug-likeness (QED) is 0.857. The zero-order chi connectivity index (χ0) is 13.1. The maximum absolute atomic E-state index is 11.4. The lowest BCUT2D eigenvalue weighted by molar-refractivity contribution is 0.0957. The molecule has 18 heavy (non-hydrogen) atoms. The highest BCUT2D eigenvalue weighted by Crippen LogP contribution is 2.18. The van der Waals surface area contributed by atoms with Crippen LogP contribution in [0.4, 0.5) is 0 Å². The van der Waals surface area contributed by atoms with E-state index in [1.165, 1.54) is 11.7 Å². The predicted octanol–water partition coefficient (Wildman–Crippen LogP) is 1.70. The van der Waals surface area contributed by atoms with Crippen LogP contribution in [0.25, 0.3) is 5.69 Å². The van der Waals surface area contributed by atoms with Gasteiger partial charge in [0.25, 0.3) is 5.91 Å². The van der Waals surface area contributed by atoms with Crippen molar-refractivity contribution in [1.29, 1.82) is 0 Å². The summed E-state index contributed by atoms with van der Waals surface area (Å²) in [5.74, 6) is -0.288. The molecule has 1 amide bonds. The summed E-state index contributed by atoms with van der Waals surface area (Å²) in [4.78, 5) is 22.3. The zero-order valence-corrected chi connectivity index (χ0v) is 10.3. The van der Waals surface area contributed by atoms with Gasteiger partial charge in [0.15, 0.2) is 12.0 Å². The topological polar surface area (TPSA) is 64.0 Å². The molecule has 0 saturated heterocycles. The van der Waals surface area contributed by atoms with E-state index in [1.807, 2.05) is 0 Å². The second kappa shape index (κ2) is 5.01. The van der Waals surface area contributed by atoms with E-state index in [-0.39, 0.29) is 11.6 Å². The Morgan fingerprint density at radius 2 is 2.22 bits per heavy atom. The van der Waals surface area contributed by atoms with E-state index in [1.54, 1.807) is 30.5 Å². The lowest BCUT2D eigenvalue weighted by Crippen LogP contribution is -2.18. The van der Waals surface area contributed by atoms with Gasteiger partial charge in [-0.05, 0) is 24.3 Å². The molecule has 2 rings (SSSR count). The van der Waals surface area contributed by atoms with Crippen LogP contribution in [-0.4, -0.2) is 29.0 Å². The molecule has 0 atom stereocenters. The van der Waals surface area contributed by atoms with Crippen molar-refractivity contribution < 1.29 is 9.59 Å². The van der Waals surface area contributed by atoms with Crippen LogP contribution in [0.2, 0.25) is 5.02 Å². The first-order chi connectivity index (χ1) is 8.65. The number of carbonyl (C=O) groups is 2. The Labute approximate surface area is 108 Å². The van der Waals surface area contributed by atoms with Gasteiger partial charge >= 0.3 is 0 Å². The van der Waals surface area contributed by atoms with E-state index in [0.717, 1.165) is 0 Å². The molecular weight excluding hydrogens is 254 g/mol. The molecular formula is C12H10ClN3O2. The predicted molar refractivity (Wildman–Crippen MR) is 67.4 cm³/mol. The van der Waals surface area contributed by atoms with Gasteiger partial charge in [-0.1, -0.05) is 11.6 Å². The number of rotatable bonds is 3. The monoisotopic (exact) mass is 263 g/mol. The molecule has 1 N–H and O–H groups in total. The summed E-state index contributed by atoms with van der Waals surface area (Å²) in [5, 5.41) is 7.06. The molecule has 0 unspecified atom stereocenters. The molecule has 0 saturated carbocycles. The fourth-order valence-corrected chi connectivity index (χ4v) is 1.69. The Morgan fingerprint density at radius 3 is 2.89 bits per heavy atom. The van der Waals surface area contributed by atoms with Gasteiger partial charge in [-0.2, -0.15) is 5.10 Å². The number of aromatic nitrogens is 2. The van der Waals surface area contributed by atoms with Crippen LogP contribution in [0.1, 0.15) is 20.8 Å². The first-order valence-electron chi connectivity index (χ1n) is 5.18. The van der Waals surface area contributed by atoms with E-state index in [2.05, 4.69) is 10.4 Å². The van der Waals surface area contributed by atoms with Gasteiger partial charge in [0.2, 0.25) is 0 Å². The molecule has 5 nitrogen and oxygen atoms in total. The number of nitrogens with zero attached hydrogens (tertiary/aromatic N) is 2. The number of aldehydes is 1. The van der Waals surface area contributed by atoms with Crippen LogP contribution >= 0.6 is 11.6 Å². The van der Waals surface area contributed by atoms with Crippen molar-refractivity contribution in [2.75, 3.05) is 7.05 Å². The molecule has 0 aliphatic rings. The maximum atomic E-state index is 11.4. The number of carbonyl (C=O) groups excluding carboxylic acids is 2. The summed E-state index contributed by atoms with van der Waals surface area (Å²) in [7, 11) is 1.53. The Bertz CT molecular complexity index is 607. The van der Waals surface area contributed by atoms with Gasteiger partial charge in [-0.25, -0.2) is 4.68 Å². The molecule has 0 fully saturated rings. The van der Waals surface area contributed by atoms with Crippen molar-refractivity contribution in [2.24, 2.45) is 0 Å². The minimum Gasteiger partial charge on any atom is -0.354 e. The largest absolute Gasteiger partial charge is 0.354 e. The van der Waals surface area contributed by atoms with Crippen LogP contribution in [0.5, 0.6) is 0 Å². The fourth-order valence-electron chi connectivity index (χ4n) is 1.52. The van der Waals surface area contributed by atoms with Gasteiger partial charge in [-0.15, -0.1) is 0 Å². The minimum absolute atomic E-state index is 0.273. The average Bonchev–Trinajstić information content (AvgIpc) is 2.87. The average molecular weight is 264 g/mol. The number of hydrogen-bond acceptors (Lipinski definition) is 3. The SMILES string of the molecule is CNC(=O)c1ccn(-c2cc(Cl)ccc2C=O)n1. The molecule has 0 radical (unpaired) electrons. The van der Waals surface area contributed by atoms with Gasteiger partial charge in [0.1, 0.15) is 0 Å². The highest BCUT2D eigenvalue weighted by atomic mass is 35.5. The Balaban J connectivity index is 2.48. The third kappa shape index (κ3) is 2.26. The van der Waals surface area contributed by atoms with Crippen molar-refractivity contribution in [1.82, 2.24) is 15.1 Å². The molecule has 0 bridgehead atoms. The van der Waals surface area contributed by atoms with Gasteiger partial charge in [0.05, 0.1) is 5.69 Å². The van der Waals surface area contributed by atoms with Crippen LogP contribution < -0.4 is 5.32 Å². The van der Waals surface area contributed by atoms with Crippen LogP contribution in [0, 0.1) is 0 Å². The highest BCUT2D eigenvalue weighted by Gasteiger charge is 2.10. The zero-order valence-electron chi connectivity index (χ0n) is 9.55. The molecule has 0 aliphatic carbocycles. The lowest BCUT2D eigenvalue weighted by atomic mass is 10.2. The van der Waals surface area contributed by atoms with E-state index >= 15 is 0 Å². The summed E-state index contributed by atoms with van der Waals surface area (Å²) in [6, 6.07) is 6.41. The van der Waals surface area contributed by atoms with E-state index in [4.69, 9.17) is 11.6 Å². The van der Waals surface area contributed by atoms with Crippen LogP contribution in [0.3, 0.4) is 0 Å². The number of nitrogens with one attached hydrogen (secondary N) is 1. The first-order valence-corrected chi connectivity index (χ1v) is 5.56. The fraction of sp³-hybridized carbons (Fsp3) is 0.0833. The van der Waals surface area contributed by atoms with Crippen molar-refractivity contribution in [3.63, 3.8) is 0 Å². The Hall–Kier alpha value is -2.14. The second-order valence-electron chi connectivity index (χ2n) is 3.55. The van der Waals surface area contributed by atoms with E-state index in [0.29, 0.717) is 22.6 Å². The molecule has 1 aromatic heterocycles. The number of amides is 1. The smallest absolute Gasteiger partial charge is 0.271 e. The number of halogens is 1. The molecule has 6 heteroatoms. The number of benzene rings is 1. The van der Waals surface area contributed by atoms with Crippen LogP contribution in [0.15, 0.2) is 30.5 Å². The van der Waals surface area contributed by atoms with Crippen molar-refractivity contribution in [3.8, 4) is 5.69 Å². The van der Waals surface area contributed by atoms with Crippen molar-refractivity contribution in [2.45, 2.75) is 0 Å². The Kier molecular flexibility index (Phi) is 3.43. The van der Waals surface area contributed by atoms with E-state index in [9.17, 15) is 9.59 Å². The molecule has 92 valence electrons. The maximum Gasteiger partial charge on any atom is 0.271 e. The molecule has 1 aromatic carbocycles. The summed E-state index contributed by atoms with van der Waals surface area (Å²) >= 11 is 5.88. The van der Waals surface area contributed by atoms with Crippen LogP contribution in [-0.2, 0) is 0 Å². The molecule has 0 spiro atoms. The summed E-state index contributed by atoms with van der Waals surface area (Å²) in [5.41, 5.74) is 1.26. The third-order valence-electron chi connectivity index (χ3n) is 2.42. The first kappa shape index (κ1) is 12.3. The van der Waals surface area contributed by atoms with Crippen molar-refractivity contribution >= 4 is 23.8 Å². The van der Waals surface area contributed by atoms with Crippen molar-refractivity contribution in [3.05, 3.63) is 46.7 Å². The summed E-state index contributed by atoms with van der Waals surface area (Å²) in [6.07, 6.45) is 2.32. The van der Waals surface area contributed by atoms with Gasteiger partial charge in [0, 0.05) is 23.8 Å². The summed E-state index contributed by atoms with van der Waals surface area (Å²) in [6.45, 7) is 0. The lowest BCUT2D eigenvalue weighted by Gasteiger charge is -2.05. The van der Waals surface area contributed by atoms with Gasteiger partial charge < -0.3 is 5.32 Å². The Morgan fingerprint density at radius 1 is 1.44 bits per heavy atom. The minimum atomic E-state index is -0.288. The van der Waals surface area contributed by atoms with Gasteiger partial charge in [-0.3, -0.25) is 9.59 Å². The molecule has 0 aliphatic heterocycles. The highest BCUT2D eigenvalue weighted by molar-refractivity contribution is 6.30. The third-order valence-corrected chi connectivity index (χ3v) is 2.65. The molecule has 1 heterocycles. The molecule has 2 aromatic rings.